The van der Waals surface area contributed by atoms with E-state index in [0.29, 0.717) is 0 Å². The lowest BCUT2D eigenvalue weighted by Crippen LogP contribution is -2.15. The fourth-order valence-electron chi connectivity index (χ4n) is 1.40. The third-order valence-corrected chi connectivity index (χ3v) is 2.22. The van der Waals surface area contributed by atoms with Crippen LogP contribution in [0.25, 0.3) is 0 Å². The van der Waals surface area contributed by atoms with Gasteiger partial charge in [0.15, 0.2) is 0 Å². The molecule has 1 aromatic heterocycles. The Kier molecular flexibility index (Phi) is 2.13. The Labute approximate surface area is 72.8 Å². The number of rotatable bonds is 4. The van der Waals surface area contributed by atoms with Gasteiger partial charge in [-0.2, -0.15) is 0 Å². The van der Waals surface area contributed by atoms with Gasteiger partial charge in [-0.1, -0.05) is 6.92 Å². The molecule has 12 heavy (non-hydrogen) atoms. The van der Waals surface area contributed by atoms with Crippen molar-refractivity contribution in [3.63, 3.8) is 0 Å². The third-order valence-electron chi connectivity index (χ3n) is 2.22. The van der Waals surface area contributed by atoms with Gasteiger partial charge in [0, 0.05) is 18.4 Å². The van der Waals surface area contributed by atoms with E-state index >= 15 is 0 Å². The van der Waals surface area contributed by atoms with E-state index in [4.69, 9.17) is 0 Å². The van der Waals surface area contributed by atoms with E-state index in [-0.39, 0.29) is 0 Å². The summed E-state index contributed by atoms with van der Waals surface area (Å²) in [6.07, 6.45) is 6.64. The van der Waals surface area contributed by atoms with Crippen molar-refractivity contribution in [2.75, 3.05) is 6.54 Å². The Morgan fingerprint density at radius 2 is 2.50 bits per heavy atom. The summed E-state index contributed by atoms with van der Waals surface area (Å²) in [4.78, 5) is 4.32. The molecule has 0 bridgehead atoms. The van der Waals surface area contributed by atoms with E-state index in [0.717, 1.165) is 19.1 Å². The Bertz CT molecular complexity index is 250. The average molecular weight is 165 g/mol. The van der Waals surface area contributed by atoms with Gasteiger partial charge in [0.05, 0.1) is 6.54 Å². The highest BCUT2D eigenvalue weighted by atomic mass is 15.1. The van der Waals surface area contributed by atoms with E-state index in [1.54, 1.807) is 0 Å². The van der Waals surface area contributed by atoms with Gasteiger partial charge < -0.3 is 9.88 Å². The summed E-state index contributed by atoms with van der Waals surface area (Å²) >= 11 is 0. The molecular formula is C9H15N3. The van der Waals surface area contributed by atoms with Gasteiger partial charge in [0.2, 0.25) is 0 Å². The lowest BCUT2D eigenvalue weighted by atomic mass is 10.5. The second-order valence-corrected chi connectivity index (χ2v) is 3.26. The van der Waals surface area contributed by atoms with Crippen LogP contribution in [-0.4, -0.2) is 16.1 Å². The molecule has 3 nitrogen and oxygen atoms in total. The van der Waals surface area contributed by atoms with Crippen molar-refractivity contribution in [2.45, 2.75) is 32.4 Å². The minimum Gasteiger partial charge on any atom is -0.331 e. The molecule has 1 aromatic rings. The number of imidazole rings is 1. The number of aromatic nitrogens is 2. The summed E-state index contributed by atoms with van der Waals surface area (Å²) in [6.45, 7) is 4.03. The van der Waals surface area contributed by atoms with Crippen LogP contribution >= 0.6 is 0 Å². The summed E-state index contributed by atoms with van der Waals surface area (Å²) in [6, 6.07) is 0.751. The van der Waals surface area contributed by atoms with Crippen LogP contribution in [0, 0.1) is 0 Å². The van der Waals surface area contributed by atoms with Crippen LogP contribution in [0.2, 0.25) is 0 Å². The van der Waals surface area contributed by atoms with E-state index in [9.17, 15) is 0 Å². The van der Waals surface area contributed by atoms with E-state index in [1.165, 1.54) is 18.7 Å². The van der Waals surface area contributed by atoms with Gasteiger partial charge >= 0.3 is 0 Å². The first-order chi connectivity index (χ1) is 5.92. The average Bonchev–Trinajstić information content (AvgIpc) is 2.83. The van der Waals surface area contributed by atoms with Gasteiger partial charge in [-0.3, -0.25) is 0 Å². The normalized spacial score (nSPS) is 16.8. The van der Waals surface area contributed by atoms with E-state index in [1.807, 2.05) is 6.20 Å². The summed E-state index contributed by atoms with van der Waals surface area (Å²) < 4.78 is 2.29. The molecule has 0 unspecified atom stereocenters. The molecule has 1 aliphatic carbocycles. The zero-order valence-corrected chi connectivity index (χ0v) is 7.45. The quantitative estimate of drug-likeness (QED) is 0.729. The van der Waals surface area contributed by atoms with Gasteiger partial charge in [-0.05, 0) is 19.4 Å². The summed E-state index contributed by atoms with van der Waals surface area (Å²) in [7, 11) is 0. The largest absolute Gasteiger partial charge is 0.331 e. The highest BCUT2D eigenvalue weighted by molar-refractivity contribution is 4.98. The maximum atomic E-state index is 4.32. The van der Waals surface area contributed by atoms with E-state index in [2.05, 4.69) is 28.0 Å². The lowest BCUT2D eigenvalue weighted by Gasteiger charge is -2.05. The van der Waals surface area contributed by atoms with E-state index < -0.39 is 0 Å². The first-order valence-corrected chi connectivity index (χ1v) is 4.64. The fraction of sp³-hybridized carbons (Fsp3) is 0.667. The fourth-order valence-corrected chi connectivity index (χ4v) is 1.40. The molecule has 2 rings (SSSR count). The number of nitrogens with zero attached hydrogens (tertiary/aromatic N) is 2. The highest BCUT2D eigenvalue weighted by Crippen LogP contribution is 2.35. The smallest absolute Gasteiger partial charge is 0.122 e. The van der Waals surface area contributed by atoms with Crippen molar-refractivity contribution in [3.8, 4) is 0 Å². The SMILES string of the molecule is CCNCc1nccn1C1CC1. The maximum absolute atomic E-state index is 4.32. The molecule has 66 valence electrons. The van der Waals surface area contributed by atoms with Crippen molar-refractivity contribution in [2.24, 2.45) is 0 Å². The zero-order valence-electron chi connectivity index (χ0n) is 7.45. The Morgan fingerprint density at radius 1 is 1.67 bits per heavy atom. The maximum Gasteiger partial charge on any atom is 0.122 e. The summed E-state index contributed by atoms with van der Waals surface area (Å²) in [5.41, 5.74) is 0. The lowest BCUT2D eigenvalue weighted by molar-refractivity contribution is 0.620. The van der Waals surface area contributed by atoms with Gasteiger partial charge in [0.25, 0.3) is 0 Å². The van der Waals surface area contributed by atoms with Gasteiger partial charge in [-0.15, -0.1) is 0 Å². The van der Waals surface area contributed by atoms with Crippen LogP contribution in [0.15, 0.2) is 12.4 Å². The second kappa shape index (κ2) is 3.27. The van der Waals surface area contributed by atoms with Gasteiger partial charge in [-0.25, -0.2) is 4.98 Å². The zero-order chi connectivity index (χ0) is 8.39. The van der Waals surface area contributed by atoms with Crippen molar-refractivity contribution < 1.29 is 0 Å². The minimum atomic E-state index is 0.751. The molecule has 0 spiro atoms. The summed E-state index contributed by atoms with van der Waals surface area (Å²) in [5, 5.41) is 3.29. The molecule has 0 aromatic carbocycles. The molecule has 0 amide bonds. The molecule has 1 heterocycles. The molecular weight excluding hydrogens is 150 g/mol. The van der Waals surface area contributed by atoms with Crippen LogP contribution in [0.3, 0.4) is 0 Å². The predicted molar refractivity (Wildman–Crippen MR) is 47.9 cm³/mol. The van der Waals surface area contributed by atoms with Crippen molar-refractivity contribution in [1.82, 2.24) is 14.9 Å². The predicted octanol–water partition coefficient (Wildman–Crippen LogP) is 1.33. The van der Waals surface area contributed by atoms with Crippen LogP contribution in [0.5, 0.6) is 0 Å². The molecule has 0 saturated heterocycles. The second-order valence-electron chi connectivity index (χ2n) is 3.26. The van der Waals surface area contributed by atoms with Crippen LogP contribution in [0.1, 0.15) is 31.6 Å². The molecule has 1 N–H and O–H groups in total. The molecule has 0 atom stereocenters. The monoisotopic (exact) mass is 165 g/mol. The molecule has 3 heteroatoms. The Hall–Kier alpha value is -0.830. The molecule has 1 aliphatic rings. The topological polar surface area (TPSA) is 29.9 Å². The summed E-state index contributed by atoms with van der Waals surface area (Å²) in [5.74, 6) is 1.18. The highest BCUT2D eigenvalue weighted by Gasteiger charge is 2.24. The Balaban J connectivity index is 2.03. The first-order valence-electron chi connectivity index (χ1n) is 4.64. The molecule has 1 fully saturated rings. The number of nitrogens with one attached hydrogen (secondary N) is 1. The number of hydrogen-bond donors (Lipinski definition) is 1. The third kappa shape index (κ3) is 1.50. The minimum absolute atomic E-state index is 0.751. The van der Waals surface area contributed by atoms with Crippen molar-refractivity contribution in [3.05, 3.63) is 18.2 Å². The van der Waals surface area contributed by atoms with Gasteiger partial charge in [0.1, 0.15) is 5.82 Å². The molecule has 1 saturated carbocycles. The first kappa shape index (κ1) is 7.80. The number of hydrogen-bond acceptors (Lipinski definition) is 2. The van der Waals surface area contributed by atoms with Crippen LogP contribution in [0.4, 0.5) is 0 Å². The van der Waals surface area contributed by atoms with Crippen LogP contribution < -0.4 is 5.32 Å². The Morgan fingerprint density at radius 3 is 3.17 bits per heavy atom. The molecule has 0 aliphatic heterocycles. The van der Waals surface area contributed by atoms with Crippen molar-refractivity contribution in [1.29, 1.82) is 0 Å². The van der Waals surface area contributed by atoms with Crippen molar-refractivity contribution >= 4 is 0 Å². The standard InChI is InChI=1S/C9H15N3/c1-2-10-7-9-11-5-6-12(9)8-3-4-8/h5-6,8,10H,2-4,7H2,1H3. The molecule has 0 radical (unpaired) electrons. The van der Waals surface area contributed by atoms with Crippen LogP contribution in [-0.2, 0) is 6.54 Å².